The van der Waals surface area contributed by atoms with Crippen LogP contribution in [0.2, 0.25) is 0 Å². The van der Waals surface area contributed by atoms with Crippen molar-refractivity contribution in [3.8, 4) is 0 Å². The largest absolute Gasteiger partial charge is 0.326 e. The van der Waals surface area contributed by atoms with E-state index in [4.69, 9.17) is 0 Å². The zero-order chi connectivity index (χ0) is 14.5. The first-order valence-electron chi connectivity index (χ1n) is 8.86. The fraction of sp³-hybridized carbons (Fsp3) is 1.00. The summed E-state index contributed by atoms with van der Waals surface area (Å²) >= 11 is 4.00. The van der Waals surface area contributed by atoms with Crippen LogP contribution in [-0.2, 0) is 0 Å². The van der Waals surface area contributed by atoms with E-state index in [2.05, 4.69) is 30.0 Å². The lowest BCUT2D eigenvalue weighted by Crippen LogP contribution is -2.52. The monoisotopic (exact) mass is 346 g/mol. The lowest BCUT2D eigenvalue weighted by Gasteiger charge is -2.42. The fourth-order valence-corrected chi connectivity index (χ4v) is 4.87. The molecule has 0 aromatic rings. The molecule has 2 fully saturated rings. The smallest absolute Gasteiger partial charge is 0.144 e. The molecule has 20 heavy (non-hydrogen) atoms. The second-order valence-electron chi connectivity index (χ2n) is 7.77. The van der Waals surface area contributed by atoms with Crippen molar-refractivity contribution in [1.29, 1.82) is 0 Å². The van der Waals surface area contributed by atoms with Crippen molar-refractivity contribution in [2.45, 2.75) is 62.7 Å². The van der Waals surface area contributed by atoms with E-state index in [9.17, 15) is 0 Å². The molecule has 0 radical (unpaired) electrons. The van der Waals surface area contributed by atoms with Crippen LogP contribution in [0.4, 0.5) is 0 Å². The van der Waals surface area contributed by atoms with Gasteiger partial charge in [-0.2, -0.15) is 0 Å². The maximum Gasteiger partial charge on any atom is 0.144 e. The van der Waals surface area contributed by atoms with Crippen LogP contribution in [0.5, 0.6) is 0 Å². The van der Waals surface area contributed by atoms with Gasteiger partial charge in [0.1, 0.15) is 4.95 Å². The van der Waals surface area contributed by atoms with Gasteiger partial charge in [0.15, 0.2) is 0 Å². The van der Waals surface area contributed by atoms with Gasteiger partial charge in [0.05, 0.1) is 46.8 Å². The van der Waals surface area contributed by atoms with Crippen LogP contribution < -0.4 is 0 Å². The summed E-state index contributed by atoms with van der Waals surface area (Å²) in [5.74, 6) is 0. The van der Waals surface area contributed by atoms with E-state index in [1.807, 2.05) is 0 Å². The highest BCUT2D eigenvalue weighted by Gasteiger charge is 2.32. The Morgan fingerprint density at radius 1 is 0.800 bits per heavy atom. The second-order valence-corrected chi connectivity index (χ2v) is 8.83. The van der Waals surface area contributed by atoms with E-state index in [1.54, 1.807) is 0 Å². The zero-order valence-electron chi connectivity index (χ0n) is 13.7. The highest BCUT2D eigenvalue weighted by Crippen LogP contribution is 2.27. The standard InChI is InChI=1S/C17H35BrN2/c1-19(12-6-3-7-13-19)14-10-5-11-17(18)20(2)15-8-4-9-16-20/h17H,3-16H2,1-2H3/q+2. The lowest BCUT2D eigenvalue weighted by molar-refractivity contribution is -0.922. The van der Waals surface area contributed by atoms with Crippen LogP contribution in [0, 0.1) is 0 Å². The number of piperidine rings is 2. The highest BCUT2D eigenvalue weighted by atomic mass is 79.9. The van der Waals surface area contributed by atoms with Gasteiger partial charge in [-0.15, -0.1) is 0 Å². The quantitative estimate of drug-likeness (QED) is 0.293. The highest BCUT2D eigenvalue weighted by molar-refractivity contribution is 9.09. The summed E-state index contributed by atoms with van der Waals surface area (Å²) in [5.41, 5.74) is 0. The summed E-state index contributed by atoms with van der Waals surface area (Å²) in [5, 5.41) is 0. The first-order valence-corrected chi connectivity index (χ1v) is 9.78. The SMILES string of the molecule is C[N+]1(CCCCC(Br)[N+]2(C)CCCCC2)CCCCC1. The van der Waals surface area contributed by atoms with Gasteiger partial charge in [-0.25, -0.2) is 0 Å². The van der Waals surface area contributed by atoms with Crippen molar-refractivity contribution in [2.75, 3.05) is 46.8 Å². The minimum atomic E-state index is 0.689. The number of unbranched alkanes of at least 4 members (excludes halogenated alkanes) is 1. The topological polar surface area (TPSA) is 0 Å². The summed E-state index contributed by atoms with van der Waals surface area (Å²) < 4.78 is 2.62. The van der Waals surface area contributed by atoms with E-state index in [1.165, 1.54) is 99.5 Å². The van der Waals surface area contributed by atoms with Crippen LogP contribution in [-0.4, -0.2) is 60.7 Å². The third-order valence-corrected chi connectivity index (χ3v) is 7.25. The van der Waals surface area contributed by atoms with Crippen LogP contribution >= 0.6 is 15.9 Å². The first kappa shape index (κ1) is 16.8. The van der Waals surface area contributed by atoms with Gasteiger partial charge in [-0.1, -0.05) is 0 Å². The molecule has 0 amide bonds. The van der Waals surface area contributed by atoms with Crippen molar-refractivity contribution in [2.24, 2.45) is 0 Å². The molecule has 0 aromatic carbocycles. The van der Waals surface area contributed by atoms with Gasteiger partial charge in [-0.3, -0.25) is 0 Å². The average molecular weight is 347 g/mol. The Bertz CT molecular complexity index is 281. The number of halogens is 1. The van der Waals surface area contributed by atoms with E-state index < -0.39 is 0 Å². The lowest BCUT2D eigenvalue weighted by atomic mass is 10.1. The summed E-state index contributed by atoms with van der Waals surface area (Å²) in [6.45, 7) is 7.01. The number of hydrogen-bond donors (Lipinski definition) is 0. The average Bonchev–Trinajstić information content (AvgIpc) is 2.45. The Hall–Kier alpha value is 0.400. The number of rotatable bonds is 6. The molecule has 0 saturated carbocycles. The number of quaternary nitrogens is 2. The van der Waals surface area contributed by atoms with Gasteiger partial charge < -0.3 is 8.97 Å². The molecule has 118 valence electrons. The van der Waals surface area contributed by atoms with Crippen molar-refractivity contribution >= 4 is 15.9 Å². The molecule has 0 aromatic heterocycles. The predicted molar refractivity (Wildman–Crippen MR) is 91.0 cm³/mol. The zero-order valence-corrected chi connectivity index (χ0v) is 15.3. The molecule has 0 spiro atoms. The Balaban J connectivity index is 1.64. The first-order chi connectivity index (χ1) is 9.54. The van der Waals surface area contributed by atoms with Crippen molar-refractivity contribution in [1.82, 2.24) is 0 Å². The molecule has 3 heteroatoms. The third kappa shape index (κ3) is 4.71. The van der Waals surface area contributed by atoms with Gasteiger partial charge in [-0.05, 0) is 67.3 Å². The van der Waals surface area contributed by atoms with Gasteiger partial charge in [0, 0.05) is 6.42 Å². The molecule has 2 rings (SSSR count). The molecular weight excluding hydrogens is 312 g/mol. The van der Waals surface area contributed by atoms with Crippen LogP contribution in [0.1, 0.15) is 57.8 Å². The van der Waals surface area contributed by atoms with Crippen LogP contribution in [0.3, 0.4) is 0 Å². The van der Waals surface area contributed by atoms with Crippen LogP contribution in [0.25, 0.3) is 0 Å². The maximum atomic E-state index is 4.00. The van der Waals surface area contributed by atoms with Crippen molar-refractivity contribution in [3.05, 3.63) is 0 Å². The maximum absolute atomic E-state index is 4.00. The molecule has 1 unspecified atom stereocenters. The third-order valence-electron chi connectivity index (χ3n) is 5.80. The summed E-state index contributed by atoms with van der Waals surface area (Å²) in [6.07, 6.45) is 12.8. The Kier molecular flexibility index (Phi) is 6.37. The number of hydrogen-bond acceptors (Lipinski definition) is 0. The van der Waals surface area contributed by atoms with E-state index in [0.717, 1.165) is 0 Å². The Labute approximate surface area is 134 Å². The number of nitrogens with zero attached hydrogens (tertiary/aromatic N) is 2. The molecule has 2 heterocycles. The molecule has 0 bridgehead atoms. The normalized spacial score (nSPS) is 27.1. The van der Waals surface area contributed by atoms with Crippen molar-refractivity contribution < 1.29 is 8.97 Å². The van der Waals surface area contributed by atoms with Crippen molar-refractivity contribution in [3.63, 3.8) is 0 Å². The summed E-state index contributed by atoms with van der Waals surface area (Å²) in [4.78, 5) is 0.689. The van der Waals surface area contributed by atoms with E-state index >= 15 is 0 Å². The van der Waals surface area contributed by atoms with Gasteiger partial charge in [0.25, 0.3) is 0 Å². The summed E-state index contributed by atoms with van der Waals surface area (Å²) in [7, 11) is 4.93. The number of alkyl halides is 1. The molecule has 0 N–H and O–H groups in total. The minimum Gasteiger partial charge on any atom is -0.326 e. The summed E-state index contributed by atoms with van der Waals surface area (Å²) in [6, 6.07) is 0. The van der Waals surface area contributed by atoms with Gasteiger partial charge >= 0.3 is 0 Å². The molecule has 2 aliphatic rings. The van der Waals surface area contributed by atoms with E-state index in [0.29, 0.717) is 4.95 Å². The predicted octanol–water partition coefficient (Wildman–Crippen LogP) is 4.14. The van der Waals surface area contributed by atoms with Crippen LogP contribution in [0.15, 0.2) is 0 Å². The fourth-order valence-electron chi connectivity index (χ4n) is 4.13. The molecule has 1 atom stereocenters. The Morgan fingerprint density at radius 2 is 1.35 bits per heavy atom. The second kappa shape index (κ2) is 7.60. The van der Waals surface area contributed by atoms with E-state index in [-0.39, 0.29) is 0 Å². The molecular formula is C17H35BrN2+2. The molecule has 0 aliphatic carbocycles. The Morgan fingerprint density at radius 3 is 1.95 bits per heavy atom. The minimum absolute atomic E-state index is 0.689. The number of likely N-dealkylation sites (tertiary alicyclic amines) is 2. The molecule has 2 aliphatic heterocycles. The molecule has 2 nitrogen and oxygen atoms in total. The van der Waals surface area contributed by atoms with Gasteiger partial charge in [0.2, 0.25) is 0 Å². The molecule has 2 saturated heterocycles.